The summed E-state index contributed by atoms with van der Waals surface area (Å²) in [6.45, 7) is 4.75. The van der Waals surface area contributed by atoms with Crippen LogP contribution in [0.2, 0.25) is 0 Å². The number of carbonyl (C=O) groups is 1. The van der Waals surface area contributed by atoms with Gasteiger partial charge in [-0.15, -0.1) is 0 Å². The van der Waals surface area contributed by atoms with E-state index in [9.17, 15) is 23.1 Å². The van der Waals surface area contributed by atoms with Gasteiger partial charge < -0.3 is 10.0 Å². The van der Waals surface area contributed by atoms with Crippen molar-refractivity contribution < 1.29 is 23.1 Å². The first-order valence-corrected chi connectivity index (χ1v) is 15.5. The summed E-state index contributed by atoms with van der Waals surface area (Å²) in [5.74, 6) is 0.982. The highest BCUT2D eigenvalue weighted by molar-refractivity contribution is 5.74. The van der Waals surface area contributed by atoms with E-state index >= 15 is 0 Å². The average molecular weight is 572 g/mol. The lowest BCUT2D eigenvalue weighted by Crippen LogP contribution is -2.46. The molecular formula is C33H44F3N3O2. The van der Waals surface area contributed by atoms with Gasteiger partial charge in [-0.2, -0.15) is 13.2 Å². The summed E-state index contributed by atoms with van der Waals surface area (Å²) >= 11 is 0. The number of likely N-dealkylation sites (tertiary alicyclic amines) is 2. The number of halogens is 3. The topological polar surface area (TPSA) is 56.7 Å². The molecule has 0 radical (unpaired) electrons. The zero-order valence-electron chi connectivity index (χ0n) is 23.9. The van der Waals surface area contributed by atoms with E-state index in [1.165, 1.54) is 18.1 Å². The Morgan fingerprint density at radius 2 is 1.71 bits per heavy atom. The van der Waals surface area contributed by atoms with Crippen molar-refractivity contribution >= 4 is 5.97 Å². The number of benzene rings is 1. The lowest BCUT2D eigenvalue weighted by Gasteiger charge is -2.35. The molecule has 3 heterocycles. The molecule has 2 aliphatic heterocycles. The molecule has 3 aliphatic rings. The molecule has 0 unspecified atom stereocenters. The lowest BCUT2D eigenvalue weighted by molar-refractivity contribution is -0.145. The minimum absolute atomic E-state index is 0.255. The van der Waals surface area contributed by atoms with E-state index in [1.54, 1.807) is 0 Å². The molecule has 8 heteroatoms. The quantitative estimate of drug-likeness (QED) is 0.337. The molecule has 41 heavy (non-hydrogen) atoms. The second-order valence-electron chi connectivity index (χ2n) is 12.6. The van der Waals surface area contributed by atoms with Gasteiger partial charge in [0.05, 0.1) is 5.56 Å². The van der Waals surface area contributed by atoms with Crippen LogP contribution in [0.15, 0.2) is 48.7 Å². The predicted octanol–water partition coefficient (Wildman–Crippen LogP) is 6.88. The molecule has 0 bridgehead atoms. The van der Waals surface area contributed by atoms with Crippen LogP contribution in [0, 0.1) is 17.8 Å². The van der Waals surface area contributed by atoms with Crippen molar-refractivity contribution in [3.8, 4) is 0 Å². The molecule has 5 rings (SSSR count). The Bertz CT molecular complexity index is 1100. The number of nitrogens with zero attached hydrogens (tertiary/aromatic N) is 3. The van der Waals surface area contributed by atoms with Crippen LogP contribution in [0.5, 0.6) is 0 Å². The van der Waals surface area contributed by atoms with Gasteiger partial charge in [-0.1, -0.05) is 49.6 Å². The first kappa shape index (κ1) is 30.0. The molecule has 0 spiro atoms. The fraction of sp³-hybridized carbons (Fsp3) is 0.636. The summed E-state index contributed by atoms with van der Waals surface area (Å²) in [5, 5.41) is 10.3. The van der Waals surface area contributed by atoms with Crippen LogP contribution in [0.3, 0.4) is 0 Å². The minimum atomic E-state index is -4.34. The highest BCUT2D eigenvalue weighted by atomic mass is 19.4. The Labute approximate surface area is 242 Å². The highest BCUT2D eigenvalue weighted by Gasteiger charge is 2.43. The van der Waals surface area contributed by atoms with Gasteiger partial charge in [-0.05, 0) is 93.5 Å². The predicted molar refractivity (Wildman–Crippen MR) is 154 cm³/mol. The number of pyridine rings is 1. The molecule has 1 aromatic heterocycles. The second kappa shape index (κ2) is 13.7. The Hall–Kier alpha value is -2.45. The van der Waals surface area contributed by atoms with E-state index in [1.807, 2.05) is 6.07 Å². The van der Waals surface area contributed by atoms with Crippen LogP contribution in [0.1, 0.15) is 80.5 Å². The van der Waals surface area contributed by atoms with E-state index < -0.39 is 17.7 Å². The van der Waals surface area contributed by atoms with Gasteiger partial charge in [0.25, 0.3) is 0 Å². The largest absolute Gasteiger partial charge is 0.480 e. The SMILES string of the molecule is O=C(O)[C@@H](C1CCCCC1)N1C[C@H](CN2CCC(CCCc3ccc(C(F)(F)F)cn3)CC2)[C@@H](c2ccccc2)C1. The number of piperidine rings is 1. The zero-order chi connectivity index (χ0) is 28.8. The summed E-state index contributed by atoms with van der Waals surface area (Å²) in [7, 11) is 0. The van der Waals surface area contributed by atoms with E-state index in [2.05, 4.69) is 39.0 Å². The number of alkyl halides is 3. The van der Waals surface area contributed by atoms with Gasteiger partial charge in [0.2, 0.25) is 0 Å². The molecule has 2 aromatic rings. The fourth-order valence-corrected chi connectivity index (χ4v) is 7.60. The van der Waals surface area contributed by atoms with Crippen molar-refractivity contribution in [2.45, 2.75) is 82.3 Å². The summed E-state index contributed by atoms with van der Waals surface area (Å²) in [5.41, 5.74) is 1.35. The van der Waals surface area contributed by atoms with Gasteiger partial charge >= 0.3 is 12.1 Å². The molecule has 3 atom stereocenters. The number of rotatable bonds is 10. The molecule has 1 aliphatic carbocycles. The number of carboxylic acids is 1. The summed E-state index contributed by atoms with van der Waals surface area (Å²) < 4.78 is 38.3. The van der Waals surface area contributed by atoms with Crippen LogP contribution in [0.4, 0.5) is 13.2 Å². The van der Waals surface area contributed by atoms with E-state index in [0.717, 1.165) is 102 Å². The van der Waals surface area contributed by atoms with E-state index in [-0.39, 0.29) is 12.0 Å². The second-order valence-corrected chi connectivity index (χ2v) is 12.6. The Balaban J connectivity index is 1.13. The molecule has 5 nitrogen and oxygen atoms in total. The number of carboxylic acid groups (broad SMARTS) is 1. The zero-order valence-corrected chi connectivity index (χ0v) is 23.9. The number of hydrogen-bond donors (Lipinski definition) is 1. The van der Waals surface area contributed by atoms with Crippen LogP contribution in [-0.4, -0.2) is 64.6 Å². The van der Waals surface area contributed by atoms with Crippen molar-refractivity contribution in [1.82, 2.24) is 14.8 Å². The Morgan fingerprint density at radius 3 is 2.34 bits per heavy atom. The van der Waals surface area contributed by atoms with Crippen LogP contribution >= 0.6 is 0 Å². The maximum atomic E-state index is 12.8. The fourth-order valence-electron chi connectivity index (χ4n) is 7.60. The van der Waals surface area contributed by atoms with Gasteiger partial charge in [0.15, 0.2) is 0 Å². The third-order valence-electron chi connectivity index (χ3n) is 9.84. The van der Waals surface area contributed by atoms with E-state index in [0.29, 0.717) is 24.2 Å². The molecule has 3 fully saturated rings. The van der Waals surface area contributed by atoms with E-state index in [4.69, 9.17) is 0 Å². The molecule has 1 saturated carbocycles. The number of aryl methyl sites for hydroxylation is 1. The average Bonchev–Trinajstić information content (AvgIpc) is 3.37. The standard InChI is InChI=1S/C33H44F3N3O2/c34-33(35,36)28-14-15-29(37-20-28)13-7-8-24-16-18-38(19-17-24)21-27-22-39(23-30(27)25-9-3-1-4-10-25)31(32(40)41)26-11-5-2-6-12-26/h1,3-4,9-10,14-15,20,24,26-27,30-31H,2,5-8,11-13,16-19,21-23H2,(H,40,41)/t27-,30+,31+/m0/s1. The van der Waals surface area contributed by atoms with Crippen LogP contribution < -0.4 is 0 Å². The lowest BCUT2D eigenvalue weighted by atomic mass is 9.83. The van der Waals surface area contributed by atoms with Gasteiger partial charge in [0, 0.05) is 37.4 Å². The third kappa shape index (κ3) is 7.89. The van der Waals surface area contributed by atoms with Crippen LogP contribution in [0.25, 0.3) is 0 Å². The molecule has 1 N–H and O–H groups in total. The minimum Gasteiger partial charge on any atom is -0.480 e. The molecular weight excluding hydrogens is 527 g/mol. The smallest absolute Gasteiger partial charge is 0.417 e. The Kier molecular flexibility index (Phi) is 10.0. The Morgan fingerprint density at radius 1 is 0.976 bits per heavy atom. The maximum Gasteiger partial charge on any atom is 0.417 e. The number of hydrogen-bond acceptors (Lipinski definition) is 4. The summed E-state index contributed by atoms with van der Waals surface area (Å²) in [6, 6.07) is 12.9. The number of aliphatic carboxylic acids is 1. The van der Waals surface area contributed by atoms with Gasteiger partial charge in [0.1, 0.15) is 6.04 Å². The first-order valence-electron chi connectivity index (χ1n) is 15.5. The monoisotopic (exact) mass is 571 g/mol. The van der Waals surface area contributed by atoms with Gasteiger partial charge in [-0.3, -0.25) is 14.7 Å². The molecule has 1 aromatic carbocycles. The molecule has 224 valence electrons. The van der Waals surface area contributed by atoms with Crippen molar-refractivity contribution in [2.75, 3.05) is 32.7 Å². The first-order chi connectivity index (χ1) is 19.8. The molecule has 0 amide bonds. The maximum absolute atomic E-state index is 12.8. The third-order valence-corrected chi connectivity index (χ3v) is 9.84. The van der Waals surface area contributed by atoms with Crippen molar-refractivity contribution in [3.63, 3.8) is 0 Å². The van der Waals surface area contributed by atoms with Crippen molar-refractivity contribution in [2.24, 2.45) is 17.8 Å². The number of aromatic nitrogens is 1. The molecule has 2 saturated heterocycles. The summed E-state index contributed by atoms with van der Waals surface area (Å²) in [4.78, 5) is 21.4. The van der Waals surface area contributed by atoms with Crippen molar-refractivity contribution in [3.05, 3.63) is 65.5 Å². The normalized spacial score (nSPS) is 24.5. The van der Waals surface area contributed by atoms with Gasteiger partial charge in [-0.25, -0.2) is 0 Å². The van der Waals surface area contributed by atoms with Crippen molar-refractivity contribution in [1.29, 1.82) is 0 Å². The highest BCUT2D eigenvalue weighted by Crippen LogP contribution is 2.39. The summed E-state index contributed by atoms with van der Waals surface area (Å²) in [6.07, 6.45) is 7.14. The van der Waals surface area contributed by atoms with Crippen LogP contribution in [-0.2, 0) is 17.4 Å².